The molecule has 8 nitrogen and oxygen atoms in total. The summed E-state index contributed by atoms with van der Waals surface area (Å²) in [6.07, 6.45) is 4.19. The van der Waals surface area contributed by atoms with E-state index in [1.165, 1.54) is 4.52 Å². The Hall–Kier alpha value is -2.90. The van der Waals surface area contributed by atoms with Crippen LogP contribution in [0.4, 0.5) is 0 Å². The number of H-pyrrole nitrogens is 1. The summed E-state index contributed by atoms with van der Waals surface area (Å²) in [6.45, 7) is 5.19. The van der Waals surface area contributed by atoms with Gasteiger partial charge in [-0.05, 0) is 32.3 Å². The fraction of sp³-hybridized carbons (Fsp3) is 0.474. The number of fused-ring (bicyclic) bond motifs is 1. The van der Waals surface area contributed by atoms with Gasteiger partial charge in [0.2, 0.25) is 0 Å². The van der Waals surface area contributed by atoms with Crippen LogP contribution < -0.4 is 5.56 Å². The van der Waals surface area contributed by atoms with Gasteiger partial charge in [0.1, 0.15) is 5.69 Å². The molecule has 1 N–H and O–H groups in total. The zero-order valence-electron chi connectivity index (χ0n) is 15.9. The number of nitrogens with one attached hydrogen (secondary N) is 1. The highest BCUT2D eigenvalue weighted by molar-refractivity contribution is 5.92. The van der Waals surface area contributed by atoms with Crippen molar-refractivity contribution in [3.8, 4) is 0 Å². The number of rotatable bonds is 3. The van der Waals surface area contributed by atoms with E-state index in [1.54, 1.807) is 24.0 Å². The molecule has 0 bridgehead atoms. The number of hydrogen-bond donors (Lipinski definition) is 1. The van der Waals surface area contributed by atoms with Crippen molar-refractivity contribution in [3.63, 3.8) is 0 Å². The van der Waals surface area contributed by atoms with Crippen LogP contribution in [0.5, 0.6) is 0 Å². The number of likely N-dealkylation sites (tertiary alicyclic amines) is 1. The number of hydrogen-bond acceptors (Lipinski definition) is 4. The van der Waals surface area contributed by atoms with E-state index in [0.29, 0.717) is 24.3 Å². The van der Waals surface area contributed by atoms with Crippen molar-refractivity contribution in [2.45, 2.75) is 39.0 Å². The Kier molecular flexibility index (Phi) is 4.33. The van der Waals surface area contributed by atoms with Crippen LogP contribution in [0, 0.1) is 6.92 Å². The fourth-order valence-electron chi connectivity index (χ4n) is 3.97. The van der Waals surface area contributed by atoms with Crippen LogP contribution in [0.25, 0.3) is 5.65 Å². The SMILES string of the molecule is CCc1c(C)nc2cc(C3CCCN(C(=O)c4ccnn4C)C3)[nH]n2c1=O. The van der Waals surface area contributed by atoms with Gasteiger partial charge in [-0.2, -0.15) is 5.10 Å². The summed E-state index contributed by atoms with van der Waals surface area (Å²) in [5, 5.41) is 7.32. The van der Waals surface area contributed by atoms with E-state index in [-0.39, 0.29) is 17.4 Å². The summed E-state index contributed by atoms with van der Waals surface area (Å²) >= 11 is 0. The molecule has 1 fully saturated rings. The van der Waals surface area contributed by atoms with E-state index in [4.69, 9.17) is 0 Å². The van der Waals surface area contributed by atoms with Crippen LogP contribution in [-0.4, -0.2) is 48.3 Å². The number of nitrogens with zero attached hydrogens (tertiary/aromatic N) is 5. The van der Waals surface area contributed by atoms with Gasteiger partial charge in [0.05, 0.1) is 0 Å². The lowest BCUT2D eigenvalue weighted by Crippen LogP contribution is -2.40. The number of aromatic nitrogens is 5. The predicted octanol–water partition coefficient (Wildman–Crippen LogP) is 1.65. The smallest absolute Gasteiger partial charge is 0.276 e. The zero-order valence-corrected chi connectivity index (χ0v) is 15.9. The molecule has 3 aromatic rings. The van der Waals surface area contributed by atoms with Gasteiger partial charge in [0, 0.05) is 55.3 Å². The van der Waals surface area contributed by atoms with Crippen LogP contribution in [0.3, 0.4) is 0 Å². The molecule has 27 heavy (non-hydrogen) atoms. The molecule has 1 saturated heterocycles. The number of amides is 1. The first-order valence-electron chi connectivity index (χ1n) is 9.38. The van der Waals surface area contributed by atoms with Crippen LogP contribution >= 0.6 is 0 Å². The van der Waals surface area contributed by atoms with Crippen molar-refractivity contribution >= 4 is 11.6 Å². The van der Waals surface area contributed by atoms with Gasteiger partial charge in [-0.15, -0.1) is 0 Å². The first-order chi connectivity index (χ1) is 13.0. The average Bonchev–Trinajstić information content (AvgIpc) is 3.28. The van der Waals surface area contributed by atoms with E-state index in [2.05, 4.69) is 15.2 Å². The number of carbonyl (C=O) groups is 1. The molecule has 0 aliphatic carbocycles. The van der Waals surface area contributed by atoms with Crippen LogP contribution in [0.1, 0.15) is 53.1 Å². The molecule has 1 aliphatic rings. The molecule has 1 unspecified atom stereocenters. The maximum absolute atomic E-state index is 12.8. The van der Waals surface area contributed by atoms with E-state index in [0.717, 1.165) is 36.3 Å². The maximum atomic E-state index is 12.8. The first-order valence-corrected chi connectivity index (χ1v) is 9.38. The number of aromatic amines is 1. The molecular formula is C19H24N6O2. The van der Waals surface area contributed by atoms with Crippen LogP contribution in [0.2, 0.25) is 0 Å². The standard InChI is InChI=1S/C19H24N6O2/c1-4-14-12(2)21-17-10-15(22-25(17)18(14)26)13-6-5-9-24(11-13)19(27)16-7-8-20-23(16)3/h7-8,10,13,22H,4-6,9,11H2,1-3H3. The number of piperidine rings is 1. The lowest BCUT2D eigenvalue weighted by Gasteiger charge is -2.32. The summed E-state index contributed by atoms with van der Waals surface area (Å²) in [5.41, 5.74) is 3.66. The molecule has 1 atom stereocenters. The van der Waals surface area contributed by atoms with Gasteiger partial charge in [-0.1, -0.05) is 6.92 Å². The molecule has 8 heteroatoms. The minimum absolute atomic E-state index is 0.00443. The highest BCUT2D eigenvalue weighted by atomic mass is 16.2. The lowest BCUT2D eigenvalue weighted by molar-refractivity contribution is 0.0694. The van der Waals surface area contributed by atoms with Gasteiger partial charge in [-0.25, -0.2) is 9.50 Å². The van der Waals surface area contributed by atoms with Crippen LogP contribution in [0.15, 0.2) is 23.1 Å². The molecule has 142 valence electrons. The molecule has 4 rings (SSSR count). The molecule has 0 saturated carbocycles. The van der Waals surface area contributed by atoms with Crippen molar-refractivity contribution in [2.24, 2.45) is 7.05 Å². The Bertz CT molecular complexity index is 1060. The van der Waals surface area contributed by atoms with Gasteiger partial charge in [0.25, 0.3) is 11.5 Å². The fourth-order valence-corrected chi connectivity index (χ4v) is 3.97. The van der Waals surface area contributed by atoms with E-state index in [1.807, 2.05) is 24.8 Å². The molecule has 3 aromatic heterocycles. The van der Waals surface area contributed by atoms with Crippen molar-refractivity contribution < 1.29 is 4.79 Å². The minimum Gasteiger partial charge on any atom is -0.337 e. The lowest BCUT2D eigenvalue weighted by atomic mass is 9.94. The Morgan fingerprint density at radius 1 is 1.41 bits per heavy atom. The molecule has 1 amide bonds. The third kappa shape index (κ3) is 2.94. The van der Waals surface area contributed by atoms with Gasteiger partial charge >= 0.3 is 0 Å². The van der Waals surface area contributed by atoms with Crippen LogP contribution in [-0.2, 0) is 13.5 Å². The topological polar surface area (TPSA) is 88.3 Å². The summed E-state index contributed by atoms with van der Waals surface area (Å²) < 4.78 is 3.14. The molecule has 0 radical (unpaired) electrons. The average molecular weight is 368 g/mol. The Labute approximate surface area is 156 Å². The minimum atomic E-state index is -0.0372. The van der Waals surface area contributed by atoms with Gasteiger partial charge < -0.3 is 4.90 Å². The van der Waals surface area contributed by atoms with Gasteiger partial charge in [-0.3, -0.25) is 19.4 Å². The Morgan fingerprint density at radius 3 is 2.93 bits per heavy atom. The van der Waals surface area contributed by atoms with Crippen molar-refractivity contribution in [1.82, 2.24) is 29.3 Å². The number of aryl methyl sites for hydroxylation is 2. The first kappa shape index (κ1) is 17.5. The Morgan fingerprint density at radius 2 is 2.22 bits per heavy atom. The number of carbonyl (C=O) groups excluding carboxylic acids is 1. The van der Waals surface area contributed by atoms with Gasteiger partial charge in [0.15, 0.2) is 5.65 Å². The second-order valence-electron chi connectivity index (χ2n) is 7.17. The quantitative estimate of drug-likeness (QED) is 0.761. The normalized spacial score (nSPS) is 17.6. The second-order valence-corrected chi connectivity index (χ2v) is 7.17. The summed E-state index contributed by atoms with van der Waals surface area (Å²) in [6, 6.07) is 3.68. The van der Waals surface area contributed by atoms with E-state index >= 15 is 0 Å². The second kappa shape index (κ2) is 6.68. The highest BCUT2D eigenvalue weighted by Crippen LogP contribution is 2.27. The molecule has 4 heterocycles. The third-order valence-electron chi connectivity index (χ3n) is 5.48. The maximum Gasteiger partial charge on any atom is 0.276 e. The van der Waals surface area contributed by atoms with Crippen molar-refractivity contribution in [3.05, 3.63) is 51.3 Å². The third-order valence-corrected chi connectivity index (χ3v) is 5.48. The van der Waals surface area contributed by atoms with E-state index in [9.17, 15) is 9.59 Å². The van der Waals surface area contributed by atoms with Crippen molar-refractivity contribution in [2.75, 3.05) is 13.1 Å². The highest BCUT2D eigenvalue weighted by Gasteiger charge is 2.28. The van der Waals surface area contributed by atoms with Crippen molar-refractivity contribution in [1.29, 1.82) is 0 Å². The molecular weight excluding hydrogens is 344 g/mol. The largest absolute Gasteiger partial charge is 0.337 e. The summed E-state index contributed by atoms with van der Waals surface area (Å²) in [7, 11) is 1.78. The molecule has 0 spiro atoms. The molecule has 1 aliphatic heterocycles. The zero-order chi connectivity index (χ0) is 19.1. The summed E-state index contributed by atoms with van der Waals surface area (Å²) in [4.78, 5) is 31.9. The Balaban J connectivity index is 1.63. The summed E-state index contributed by atoms with van der Waals surface area (Å²) in [5.74, 6) is 0.151. The molecule has 0 aromatic carbocycles. The monoisotopic (exact) mass is 368 g/mol. The predicted molar refractivity (Wildman–Crippen MR) is 101 cm³/mol. The van der Waals surface area contributed by atoms with E-state index < -0.39 is 0 Å².